The molecule has 32 heavy (non-hydrogen) atoms. The highest BCUT2D eigenvalue weighted by molar-refractivity contribution is 5.93. The Labute approximate surface area is 189 Å². The molecule has 2 aromatic rings. The Morgan fingerprint density at radius 3 is 2.66 bits per heavy atom. The van der Waals surface area contributed by atoms with Crippen LogP contribution in [-0.2, 0) is 9.53 Å². The molecule has 0 radical (unpaired) electrons. The van der Waals surface area contributed by atoms with Gasteiger partial charge in [0.25, 0.3) is 0 Å². The van der Waals surface area contributed by atoms with E-state index in [0.29, 0.717) is 24.7 Å². The molecule has 1 atom stereocenters. The monoisotopic (exact) mass is 440 g/mol. The second-order valence-electron chi connectivity index (χ2n) is 7.30. The van der Waals surface area contributed by atoms with Gasteiger partial charge in [0.1, 0.15) is 12.3 Å². The Morgan fingerprint density at radius 1 is 1.22 bits per heavy atom. The summed E-state index contributed by atoms with van der Waals surface area (Å²) in [5.41, 5.74) is 1.84. The number of aromatic nitrogens is 1. The van der Waals surface area contributed by atoms with Gasteiger partial charge >= 0.3 is 0 Å². The molecule has 172 valence electrons. The fraction of sp³-hybridized carbons (Fsp3) is 0.435. The first kappa shape index (κ1) is 23.5. The van der Waals surface area contributed by atoms with Crippen molar-refractivity contribution in [1.82, 2.24) is 20.5 Å². The molecule has 3 rings (SSSR count). The second-order valence-corrected chi connectivity index (χ2v) is 7.30. The molecule has 2 heterocycles. The molecule has 1 aromatic heterocycles. The lowest BCUT2D eigenvalue weighted by Gasteiger charge is -2.35. The zero-order chi connectivity index (χ0) is 22.6. The smallest absolute Gasteiger partial charge is 0.246 e. The summed E-state index contributed by atoms with van der Waals surface area (Å²) in [6.45, 7) is 6.50. The van der Waals surface area contributed by atoms with E-state index in [1.807, 2.05) is 19.1 Å². The second kappa shape index (κ2) is 12.6. The van der Waals surface area contributed by atoms with E-state index in [1.165, 1.54) is 5.56 Å². The maximum absolute atomic E-state index is 12.3. The van der Waals surface area contributed by atoms with Gasteiger partial charge in [-0.15, -0.1) is 0 Å². The highest BCUT2D eigenvalue weighted by Gasteiger charge is 2.23. The Kier molecular flexibility index (Phi) is 9.27. The Bertz CT molecular complexity index is 854. The van der Waals surface area contributed by atoms with Crippen LogP contribution in [0.1, 0.15) is 18.5 Å². The van der Waals surface area contributed by atoms with E-state index in [4.69, 9.17) is 9.47 Å². The highest BCUT2D eigenvalue weighted by Crippen LogP contribution is 2.23. The van der Waals surface area contributed by atoms with Crippen LogP contribution in [-0.4, -0.2) is 74.8 Å². The van der Waals surface area contributed by atoms with E-state index < -0.39 is 0 Å². The molecular formula is C23H32N6O3. The molecule has 1 aliphatic rings. The first-order valence-electron chi connectivity index (χ1n) is 10.9. The maximum atomic E-state index is 12.3. The summed E-state index contributed by atoms with van der Waals surface area (Å²) in [6.07, 6.45) is 3.27. The number of benzene rings is 1. The normalized spacial score (nSPS) is 15.6. The first-order valence-corrected chi connectivity index (χ1v) is 10.9. The minimum absolute atomic E-state index is 0.00891. The van der Waals surface area contributed by atoms with Crippen LogP contribution in [0.25, 0.3) is 0 Å². The zero-order valence-corrected chi connectivity index (χ0v) is 18.7. The van der Waals surface area contributed by atoms with Crippen molar-refractivity contribution in [2.75, 3.05) is 58.4 Å². The third kappa shape index (κ3) is 7.21. The van der Waals surface area contributed by atoms with Gasteiger partial charge in [0.15, 0.2) is 5.96 Å². The summed E-state index contributed by atoms with van der Waals surface area (Å²) in [4.78, 5) is 23.1. The predicted octanol–water partition coefficient (Wildman–Crippen LogP) is 1.66. The van der Waals surface area contributed by atoms with Gasteiger partial charge in [0.05, 0.1) is 38.2 Å². The molecule has 9 heteroatoms. The summed E-state index contributed by atoms with van der Waals surface area (Å²) in [6, 6.07) is 11.8. The lowest BCUT2D eigenvalue weighted by Crippen LogP contribution is -2.46. The maximum Gasteiger partial charge on any atom is 0.246 e. The minimum Gasteiger partial charge on any atom is -0.497 e. The van der Waals surface area contributed by atoms with E-state index in [9.17, 15) is 4.79 Å². The van der Waals surface area contributed by atoms with Crippen LogP contribution in [0.5, 0.6) is 5.75 Å². The van der Waals surface area contributed by atoms with Gasteiger partial charge in [-0.2, -0.15) is 0 Å². The quantitative estimate of drug-likeness (QED) is 0.403. The van der Waals surface area contributed by atoms with Crippen LogP contribution in [0.3, 0.4) is 0 Å². The fourth-order valence-electron chi connectivity index (χ4n) is 3.50. The average Bonchev–Trinajstić information content (AvgIpc) is 2.84. The highest BCUT2D eigenvalue weighted by atomic mass is 16.5. The Hall–Kier alpha value is -3.17. The van der Waals surface area contributed by atoms with E-state index in [-0.39, 0.29) is 18.5 Å². The number of morpholine rings is 1. The molecule has 0 bridgehead atoms. The van der Waals surface area contributed by atoms with Crippen LogP contribution in [0.4, 0.5) is 5.69 Å². The van der Waals surface area contributed by atoms with Crippen LogP contribution in [0.2, 0.25) is 0 Å². The molecule has 1 saturated heterocycles. The summed E-state index contributed by atoms with van der Waals surface area (Å²) in [5, 5.41) is 9.40. The predicted molar refractivity (Wildman–Crippen MR) is 125 cm³/mol. The number of pyridine rings is 1. The van der Waals surface area contributed by atoms with Crippen molar-refractivity contribution in [2.45, 2.75) is 13.0 Å². The number of rotatable bonds is 9. The van der Waals surface area contributed by atoms with E-state index >= 15 is 0 Å². The lowest BCUT2D eigenvalue weighted by molar-refractivity contribution is -0.114. The number of anilines is 1. The summed E-state index contributed by atoms with van der Waals surface area (Å²) in [7, 11) is 1.67. The molecule has 1 aromatic carbocycles. The van der Waals surface area contributed by atoms with Crippen LogP contribution < -0.4 is 20.7 Å². The number of methoxy groups -OCH3 is 1. The molecular weight excluding hydrogens is 408 g/mol. The standard InChI is InChI=1S/C23H32N6O3/c1-3-25-23(27-17-22(30)28-19-5-4-10-24-15-19)26-16-21(29-11-13-32-14-12-29)18-6-8-20(31-2)9-7-18/h4-10,15,21H,3,11-14,16-17H2,1-2H3,(H,28,30)(H2,25,26,27). The number of aliphatic imine (C=N–C) groups is 1. The van der Waals surface area contributed by atoms with Crippen LogP contribution >= 0.6 is 0 Å². The lowest BCUT2D eigenvalue weighted by atomic mass is 10.0. The van der Waals surface area contributed by atoms with E-state index in [0.717, 1.165) is 32.1 Å². The van der Waals surface area contributed by atoms with Gasteiger partial charge in [0, 0.05) is 32.4 Å². The fourth-order valence-corrected chi connectivity index (χ4v) is 3.50. The summed E-state index contributed by atoms with van der Waals surface area (Å²) >= 11 is 0. The Morgan fingerprint density at radius 2 is 2.00 bits per heavy atom. The number of guanidine groups is 1. The molecule has 1 unspecified atom stereocenters. The van der Waals surface area contributed by atoms with Crippen molar-refractivity contribution in [3.05, 3.63) is 54.4 Å². The van der Waals surface area contributed by atoms with Crippen LogP contribution in [0.15, 0.2) is 53.8 Å². The van der Waals surface area contributed by atoms with Crippen molar-refractivity contribution >= 4 is 17.6 Å². The topological polar surface area (TPSA) is 100 Å². The number of hydrogen-bond donors (Lipinski definition) is 3. The number of amides is 1. The van der Waals surface area contributed by atoms with E-state index in [2.05, 4.69) is 43.0 Å². The zero-order valence-electron chi connectivity index (χ0n) is 18.7. The third-order valence-corrected chi connectivity index (χ3v) is 5.12. The van der Waals surface area contributed by atoms with Crippen molar-refractivity contribution in [3.63, 3.8) is 0 Å². The van der Waals surface area contributed by atoms with Gasteiger partial charge in [-0.25, -0.2) is 4.99 Å². The van der Waals surface area contributed by atoms with E-state index in [1.54, 1.807) is 31.6 Å². The number of carbonyl (C=O) groups excluding carboxylic acids is 1. The van der Waals surface area contributed by atoms with Gasteiger partial charge in [-0.05, 0) is 36.8 Å². The van der Waals surface area contributed by atoms with Crippen molar-refractivity contribution in [1.29, 1.82) is 0 Å². The third-order valence-electron chi connectivity index (χ3n) is 5.12. The van der Waals surface area contributed by atoms with Crippen molar-refractivity contribution < 1.29 is 14.3 Å². The number of ether oxygens (including phenoxy) is 2. The molecule has 9 nitrogen and oxygen atoms in total. The van der Waals surface area contributed by atoms with Gasteiger partial charge in [0.2, 0.25) is 5.91 Å². The molecule has 3 N–H and O–H groups in total. The molecule has 1 amide bonds. The van der Waals surface area contributed by atoms with Gasteiger partial charge in [-0.3, -0.25) is 14.7 Å². The molecule has 1 fully saturated rings. The summed E-state index contributed by atoms with van der Waals surface area (Å²) in [5.74, 6) is 1.23. The number of carbonyl (C=O) groups is 1. The number of hydrogen-bond acceptors (Lipinski definition) is 6. The SMILES string of the molecule is CCNC(=NCC(=O)Nc1cccnc1)NCC(c1ccc(OC)cc1)N1CCOCC1. The molecule has 0 aliphatic carbocycles. The largest absolute Gasteiger partial charge is 0.497 e. The average molecular weight is 441 g/mol. The first-order chi connectivity index (χ1) is 15.7. The number of nitrogens with zero attached hydrogens (tertiary/aromatic N) is 3. The Balaban J connectivity index is 1.64. The number of nitrogens with one attached hydrogen (secondary N) is 3. The minimum atomic E-state index is -0.199. The van der Waals surface area contributed by atoms with Crippen LogP contribution in [0, 0.1) is 0 Å². The summed E-state index contributed by atoms with van der Waals surface area (Å²) < 4.78 is 10.8. The van der Waals surface area contributed by atoms with Crippen molar-refractivity contribution in [2.24, 2.45) is 4.99 Å². The molecule has 0 saturated carbocycles. The van der Waals surface area contributed by atoms with Crippen molar-refractivity contribution in [3.8, 4) is 5.75 Å². The van der Waals surface area contributed by atoms with Gasteiger partial charge < -0.3 is 25.4 Å². The molecule has 0 spiro atoms. The molecule has 1 aliphatic heterocycles. The van der Waals surface area contributed by atoms with Gasteiger partial charge in [-0.1, -0.05) is 12.1 Å².